The number of nitrogens with two attached hydrogens (primary N) is 1. The number of para-hydroxylation sites is 2. The van der Waals surface area contributed by atoms with Gasteiger partial charge >= 0.3 is 0 Å². The molecule has 0 amide bonds. The summed E-state index contributed by atoms with van der Waals surface area (Å²) in [6.07, 6.45) is 0. The zero-order valence-corrected chi connectivity index (χ0v) is 12.6. The summed E-state index contributed by atoms with van der Waals surface area (Å²) in [5, 5.41) is 0. The summed E-state index contributed by atoms with van der Waals surface area (Å²) in [7, 11) is 0. The molecule has 108 valence electrons. The van der Waals surface area contributed by atoms with Crippen molar-refractivity contribution in [2.45, 2.75) is 17.6 Å². The summed E-state index contributed by atoms with van der Waals surface area (Å²) >= 11 is 1.66. The highest BCUT2D eigenvalue weighted by molar-refractivity contribution is 7.98. The van der Waals surface area contributed by atoms with Crippen molar-refractivity contribution in [1.29, 1.82) is 0 Å². The highest BCUT2D eigenvalue weighted by Gasteiger charge is 2.06. The summed E-state index contributed by atoms with van der Waals surface area (Å²) in [6, 6.07) is 13.8. The molecule has 5 heteroatoms. The molecule has 0 aliphatic carbocycles. The minimum absolute atomic E-state index is 0.650. The Kier molecular flexibility index (Phi) is 4.01. The molecule has 0 unspecified atom stereocenters. The molecule has 0 spiro atoms. The number of rotatable bonds is 5. The number of hydrogen-bond acceptors (Lipinski definition) is 4. The van der Waals surface area contributed by atoms with E-state index in [0.29, 0.717) is 6.61 Å². The third-order valence-electron chi connectivity index (χ3n) is 3.10. The molecule has 0 bridgehead atoms. The van der Waals surface area contributed by atoms with E-state index in [1.54, 1.807) is 11.8 Å². The van der Waals surface area contributed by atoms with Crippen molar-refractivity contribution in [2.75, 3.05) is 12.3 Å². The molecule has 3 N–H and O–H groups in total. The fourth-order valence-electron chi connectivity index (χ4n) is 2.12. The van der Waals surface area contributed by atoms with Crippen LogP contribution in [0.2, 0.25) is 0 Å². The Hall–Kier alpha value is -2.14. The molecule has 1 aromatic heterocycles. The first-order valence-electron chi connectivity index (χ1n) is 6.85. The highest BCUT2D eigenvalue weighted by Crippen LogP contribution is 2.31. The predicted molar refractivity (Wildman–Crippen MR) is 87.7 cm³/mol. The smallest absolute Gasteiger partial charge is 0.120 e. The van der Waals surface area contributed by atoms with Crippen LogP contribution in [0.5, 0.6) is 5.75 Å². The largest absolute Gasteiger partial charge is 0.494 e. The average molecular weight is 299 g/mol. The van der Waals surface area contributed by atoms with E-state index in [2.05, 4.69) is 9.97 Å². The van der Waals surface area contributed by atoms with Gasteiger partial charge in [-0.1, -0.05) is 12.1 Å². The molecule has 4 nitrogen and oxygen atoms in total. The van der Waals surface area contributed by atoms with E-state index in [0.717, 1.165) is 38.9 Å². The van der Waals surface area contributed by atoms with Gasteiger partial charge in [-0.25, -0.2) is 4.98 Å². The summed E-state index contributed by atoms with van der Waals surface area (Å²) < 4.78 is 5.51. The Labute approximate surface area is 127 Å². The van der Waals surface area contributed by atoms with Crippen LogP contribution in [0.25, 0.3) is 11.0 Å². The summed E-state index contributed by atoms with van der Waals surface area (Å²) in [6.45, 7) is 2.62. The van der Waals surface area contributed by atoms with Crippen LogP contribution in [0, 0.1) is 0 Å². The van der Waals surface area contributed by atoms with Gasteiger partial charge in [0, 0.05) is 10.6 Å². The molecule has 0 radical (unpaired) electrons. The lowest BCUT2D eigenvalue weighted by Gasteiger charge is -2.08. The van der Waals surface area contributed by atoms with E-state index in [-0.39, 0.29) is 0 Å². The number of nitrogens with one attached hydrogen (secondary N) is 1. The lowest BCUT2D eigenvalue weighted by Crippen LogP contribution is -1.94. The fraction of sp³-hybridized carbons (Fsp3) is 0.188. The van der Waals surface area contributed by atoms with Gasteiger partial charge < -0.3 is 15.5 Å². The maximum absolute atomic E-state index is 6.02. The summed E-state index contributed by atoms with van der Waals surface area (Å²) in [5.74, 6) is 2.54. The van der Waals surface area contributed by atoms with Gasteiger partial charge in [0.2, 0.25) is 0 Å². The van der Waals surface area contributed by atoms with Crippen LogP contribution in [-0.2, 0) is 5.75 Å². The van der Waals surface area contributed by atoms with Crippen molar-refractivity contribution >= 4 is 28.5 Å². The van der Waals surface area contributed by atoms with Crippen molar-refractivity contribution in [1.82, 2.24) is 9.97 Å². The van der Waals surface area contributed by atoms with Crippen molar-refractivity contribution in [3.8, 4) is 5.75 Å². The Morgan fingerprint density at radius 3 is 2.90 bits per heavy atom. The number of fused-ring (bicyclic) bond motifs is 1. The number of thioether (sulfide) groups is 1. The Balaban J connectivity index is 1.76. The zero-order valence-electron chi connectivity index (χ0n) is 11.8. The first-order chi connectivity index (χ1) is 10.3. The average Bonchev–Trinajstić information content (AvgIpc) is 2.91. The van der Waals surface area contributed by atoms with Gasteiger partial charge in [0.15, 0.2) is 0 Å². The minimum atomic E-state index is 0.650. The lowest BCUT2D eigenvalue weighted by atomic mass is 10.3. The fourth-order valence-corrected chi connectivity index (χ4v) is 2.98. The van der Waals surface area contributed by atoms with E-state index >= 15 is 0 Å². The number of H-pyrrole nitrogens is 1. The van der Waals surface area contributed by atoms with Crippen LogP contribution < -0.4 is 10.5 Å². The van der Waals surface area contributed by atoms with Gasteiger partial charge in [-0.15, -0.1) is 11.8 Å². The molecule has 0 atom stereocenters. The maximum Gasteiger partial charge on any atom is 0.120 e. The second-order valence-electron chi connectivity index (χ2n) is 4.62. The predicted octanol–water partition coefficient (Wildman–Crippen LogP) is 3.84. The van der Waals surface area contributed by atoms with Gasteiger partial charge in [0.1, 0.15) is 11.6 Å². The summed E-state index contributed by atoms with van der Waals surface area (Å²) in [5.41, 5.74) is 8.83. The van der Waals surface area contributed by atoms with Crippen LogP contribution in [0.15, 0.2) is 47.4 Å². The number of nitrogens with zero attached hydrogens (tertiary/aromatic N) is 1. The first kappa shape index (κ1) is 13.8. The Morgan fingerprint density at radius 2 is 2.10 bits per heavy atom. The monoisotopic (exact) mass is 299 g/mol. The number of hydrogen-bond donors (Lipinski definition) is 2. The molecule has 0 aliphatic heterocycles. The van der Waals surface area contributed by atoms with Crippen LogP contribution in [-0.4, -0.2) is 16.6 Å². The molecular formula is C16H17N3OS. The first-order valence-corrected chi connectivity index (χ1v) is 7.83. The highest BCUT2D eigenvalue weighted by atomic mass is 32.2. The van der Waals surface area contributed by atoms with E-state index in [4.69, 9.17) is 10.5 Å². The number of aromatic nitrogens is 2. The summed E-state index contributed by atoms with van der Waals surface area (Å²) in [4.78, 5) is 8.90. The SMILES string of the molecule is CCOc1ccc(N)c(SCc2nc3ccccc3[nH]2)c1. The third-order valence-corrected chi connectivity index (χ3v) is 4.18. The molecule has 1 heterocycles. The van der Waals surface area contributed by atoms with Gasteiger partial charge in [0.25, 0.3) is 0 Å². The van der Waals surface area contributed by atoms with Crippen LogP contribution in [0.1, 0.15) is 12.7 Å². The molecule has 21 heavy (non-hydrogen) atoms. The minimum Gasteiger partial charge on any atom is -0.494 e. The van der Waals surface area contributed by atoms with E-state index in [1.165, 1.54) is 0 Å². The van der Waals surface area contributed by atoms with Crippen molar-refractivity contribution in [2.24, 2.45) is 0 Å². The quantitative estimate of drug-likeness (QED) is 0.555. The van der Waals surface area contributed by atoms with Gasteiger partial charge in [-0.3, -0.25) is 0 Å². The molecule has 0 saturated heterocycles. The Bertz CT molecular complexity index is 721. The molecule has 3 aromatic rings. The molecule has 2 aromatic carbocycles. The number of aromatic amines is 1. The second-order valence-corrected chi connectivity index (χ2v) is 5.64. The Morgan fingerprint density at radius 1 is 1.24 bits per heavy atom. The van der Waals surface area contributed by atoms with E-state index < -0.39 is 0 Å². The van der Waals surface area contributed by atoms with Gasteiger partial charge in [0.05, 0.1) is 23.4 Å². The molecular weight excluding hydrogens is 282 g/mol. The third kappa shape index (κ3) is 3.13. The van der Waals surface area contributed by atoms with E-state index in [1.807, 2.05) is 49.4 Å². The topological polar surface area (TPSA) is 63.9 Å². The van der Waals surface area contributed by atoms with Crippen molar-refractivity contribution in [3.05, 3.63) is 48.3 Å². The number of nitrogen functional groups attached to an aromatic ring is 1. The molecule has 0 fully saturated rings. The number of benzene rings is 2. The van der Waals surface area contributed by atoms with Gasteiger partial charge in [-0.05, 0) is 37.3 Å². The number of ether oxygens (including phenoxy) is 1. The van der Waals surface area contributed by atoms with Crippen molar-refractivity contribution in [3.63, 3.8) is 0 Å². The molecule has 0 aliphatic rings. The zero-order chi connectivity index (χ0) is 14.7. The molecule has 0 saturated carbocycles. The van der Waals surface area contributed by atoms with E-state index in [9.17, 15) is 0 Å². The van der Waals surface area contributed by atoms with Crippen LogP contribution in [0.3, 0.4) is 0 Å². The van der Waals surface area contributed by atoms with Crippen LogP contribution in [0.4, 0.5) is 5.69 Å². The number of anilines is 1. The lowest BCUT2D eigenvalue weighted by molar-refractivity contribution is 0.339. The second kappa shape index (κ2) is 6.10. The van der Waals surface area contributed by atoms with Crippen molar-refractivity contribution < 1.29 is 4.74 Å². The number of imidazole rings is 1. The maximum atomic E-state index is 6.02. The standard InChI is InChI=1S/C16H17N3OS/c1-2-20-11-7-8-12(17)15(9-11)21-10-16-18-13-5-3-4-6-14(13)19-16/h3-9H,2,10,17H2,1H3,(H,18,19). The van der Waals surface area contributed by atoms with Crippen LogP contribution >= 0.6 is 11.8 Å². The molecule has 3 rings (SSSR count). The van der Waals surface area contributed by atoms with Gasteiger partial charge in [-0.2, -0.15) is 0 Å². The normalized spacial score (nSPS) is 10.9.